The van der Waals surface area contributed by atoms with Crippen molar-refractivity contribution in [3.8, 4) is 0 Å². The molecule has 1 fully saturated rings. The summed E-state index contributed by atoms with van der Waals surface area (Å²) in [5.74, 6) is 2.18. The van der Waals surface area contributed by atoms with Crippen LogP contribution in [0, 0.1) is 0 Å². The molecule has 0 radical (unpaired) electrons. The number of hydrogen-bond donors (Lipinski definition) is 1. The van der Waals surface area contributed by atoms with Gasteiger partial charge in [-0.15, -0.1) is 0 Å². The molecular weight excluding hydrogens is 368 g/mol. The van der Waals surface area contributed by atoms with Crippen molar-refractivity contribution in [3.05, 3.63) is 70.1 Å². The summed E-state index contributed by atoms with van der Waals surface area (Å²) in [6.07, 6.45) is 3.02. The van der Waals surface area contributed by atoms with Crippen LogP contribution in [0.25, 0.3) is 0 Å². The number of benzene rings is 1. The number of aromatic nitrogens is 1. The molecule has 1 aliphatic heterocycles. The van der Waals surface area contributed by atoms with Crippen molar-refractivity contribution in [1.82, 2.24) is 14.8 Å². The predicted octanol–water partition coefficient (Wildman–Crippen LogP) is 3.19. The highest BCUT2D eigenvalue weighted by atomic mass is 32.2. The highest BCUT2D eigenvalue weighted by Gasteiger charge is 2.21. The van der Waals surface area contributed by atoms with Gasteiger partial charge in [0.05, 0.1) is 13.1 Å². The summed E-state index contributed by atoms with van der Waals surface area (Å²) in [5.41, 5.74) is 2.32. The minimum Gasteiger partial charge on any atom is -0.357 e. The zero-order valence-corrected chi connectivity index (χ0v) is 17.6. The van der Waals surface area contributed by atoms with Crippen molar-refractivity contribution in [2.24, 2.45) is 4.99 Å². The first-order valence-electron chi connectivity index (χ1n) is 10.1. The molecule has 6 heteroatoms. The molecule has 1 aliphatic rings. The highest BCUT2D eigenvalue weighted by molar-refractivity contribution is 8.00. The van der Waals surface area contributed by atoms with Gasteiger partial charge in [0.2, 0.25) is 0 Å². The summed E-state index contributed by atoms with van der Waals surface area (Å²) in [4.78, 5) is 19.1. The maximum atomic E-state index is 11.9. The fourth-order valence-electron chi connectivity index (χ4n) is 3.29. The van der Waals surface area contributed by atoms with Crippen LogP contribution in [0.3, 0.4) is 0 Å². The molecule has 1 aromatic carbocycles. The van der Waals surface area contributed by atoms with Crippen LogP contribution >= 0.6 is 11.8 Å². The first-order valence-corrected chi connectivity index (χ1v) is 11.1. The third-order valence-electron chi connectivity index (χ3n) is 4.91. The average Bonchev–Trinajstić information content (AvgIpc) is 2.74. The molecule has 0 bridgehead atoms. The van der Waals surface area contributed by atoms with E-state index in [4.69, 9.17) is 4.99 Å². The third-order valence-corrected chi connectivity index (χ3v) is 6.29. The number of guanidine groups is 1. The molecule has 2 aromatic rings. The highest BCUT2D eigenvalue weighted by Crippen LogP contribution is 2.21. The Kier molecular flexibility index (Phi) is 7.60. The van der Waals surface area contributed by atoms with Crippen molar-refractivity contribution in [2.45, 2.75) is 38.6 Å². The monoisotopic (exact) mass is 398 g/mol. The van der Waals surface area contributed by atoms with Gasteiger partial charge in [0.15, 0.2) is 5.96 Å². The molecule has 3 rings (SSSR count). The summed E-state index contributed by atoms with van der Waals surface area (Å²) in [7, 11) is 0. The summed E-state index contributed by atoms with van der Waals surface area (Å²) >= 11 is 2.07. The van der Waals surface area contributed by atoms with E-state index in [9.17, 15) is 4.79 Å². The van der Waals surface area contributed by atoms with E-state index in [1.165, 1.54) is 12.0 Å². The van der Waals surface area contributed by atoms with E-state index in [1.807, 2.05) is 12.3 Å². The van der Waals surface area contributed by atoms with Gasteiger partial charge in [-0.25, -0.2) is 4.99 Å². The molecule has 1 aromatic heterocycles. The Bertz CT molecular complexity index is 831. The Hall–Kier alpha value is -2.21. The van der Waals surface area contributed by atoms with Crippen LogP contribution in [0.4, 0.5) is 0 Å². The van der Waals surface area contributed by atoms with Gasteiger partial charge in [0.25, 0.3) is 5.56 Å². The molecule has 1 N–H and O–H groups in total. The minimum absolute atomic E-state index is 0.0246. The zero-order valence-electron chi connectivity index (χ0n) is 16.8. The van der Waals surface area contributed by atoms with E-state index in [0.29, 0.717) is 18.3 Å². The number of nitrogens with one attached hydrogen (secondary N) is 1. The van der Waals surface area contributed by atoms with Gasteiger partial charge < -0.3 is 14.8 Å². The molecule has 1 atom stereocenters. The predicted molar refractivity (Wildman–Crippen MR) is 119 cm³/mol. The number of aliphatic imine (C=N–C) groups is 1. The maximum absolute atomic E-state index is 11.9. The molecule has 5 nitrogen and oxygen atoms in total. The molecule has 0 saturated carbocycles. The Morgan fingerprint density at radius 1 is 1.18 bits per heavy atom. The number of rotatable bonds is 6. The minimum atomic E-state index is 0.0246. The van der Waals surface area contributed by atoms with Crippen molar-refractivity contribution < 1.29 is 0 Å². The quantitative estimate of drug-likeness (QED) is 0.600. The van der Waals surface area contributed by atoms with Crippen molar-refractivity contribution in [2.75, 3.05) is 25.4 Å². The molecule has 1 saturated heterocycles. The third kappa shape index (κ3) is 5.64. The van der Waals surface area contributed by atoms with E-state index in [0.717, 1.165) is 36.9 Å². The van der Waals surface area contributed by atoms with Gasteiger partial charge in [-0.2, -0.15) is 11.8 Å². The fraction of sp³-hybridized carbons (Fsp3) is 0.455. The second kappa shape index (κ2) is 10.4. The molecule has 1 unspecified atom stereocenters. The lowest BCUT2D eigenvalue weighted by Gasteiger charge is -2.34. The summed E-state index contributed by atoms with van der Waals surface area (Å²) in [6, 6.07) is 13.6. The molecule has 28 heavy (non-hydrogen) atoms. The van der Waals surface area contributed by atoms with Gasteiger partial charge in [-0.05, 0) is 30.5 Å². The summed E-state index contributed by atoms with van der Waals surface area (Å²) in [5, 5.41) is 4.14. The summed E-state index contributed by atoms with van der Waals surface area (Å²) < 4.78 is 1.72. The van der Waals surface area contributed by atoms with E-state index >= 15 is 0 Å². The van der Waals surface area contributed by atoms with Crippen LogP contribution in [-0.4, -0.2) is 46.1 Å². The molecule has 0 amide bonds. The lowest BCUT2D eigenvalue weighted by Crippen LogP contribution is -2.48. The van der Waals surface area contributed by atoms with Crippen LogP contribution in [0.15, 0.2) is 58.4 Å². The first kappa shape index (κ1) is 20.5. The number of pyridine rings is 1. The van der Waals surface area contributed by atoms with Gasteiger partial charge in [0, 0.05) is 42.9 Å². The van der Waals surface area contributed by atoms with E-state index in [1.54, 1.807) is 16.7 Å². The van der Waals surface area contributed by atoms with Crippen LogP contribution in [0.1, 0.15) is 31.4 Å². The van der Waals surface area contributed by atoms with E-state index in [2.05, 4.69) is 60.1 Å². The van der Waals surface area contributed by atoms with Gasteiger partial charge >= 0.3 is 0 Å². The van der Waals surface area contributed by atoms with Crippen LogP contribution < -0.4 is 10.9 Å². The maximum Gasteiger partial charge on any atom is 0.250 e. The molecular formula is C22H30N4OS. The summed E-state index contributed by atoms with van der Waals surface area (Å²) in [6.45, 7) is 8.63. The van der Waals surface area contributed by atoms with Gasteiger partial charge in [0.1, 0.15) is 0 Å². The average molecular weight is 399 g/mol. The van der Waals surface area contributed by atoms with Gasteiger partial charge in [-0.1, -0.05) is 37.3 Å². The lowest BCUT2D eigenvalue weighted by atomic mass is 10.1. The zero-order chi connectivity index (χ0) is 19.8. The van der Waals surface area contributed by atoms with Crippen molar-refractivity contribution in [1.29, 1.82) is 0 Å². The molecule has 150 valence electrons. The van der Waals surface area contributed by atoms with Crippen LogP contribution in [0.5, 0.6) is 0 Å². The Balaban J connectivity index is 1.64. The smallest absolute Gasteiger partial charge is 0.250 e. The molecule has 0 spiro atoms. The normalized spacial score (nSPS) is 17.6. The van der Waals surface area contributed by atoms with Crippen LogP contribution in [-0.2, 0) is 13.1 Å². The number of hydrogen-bond acceptors (Lipinski definition) is 3. The Labute approximate surface area is 171 Å². The van der Waals surface area contributed by atoms with Gasteiger partial charge in [-0.3, -0.25) is 4.79 Å². The fourth-order valence-corrected chi connectivity index (χ4v) is 4.47. The number of nitrogens with zero attached hydrogens (tertiary/aromatic N) is 3. The van der Waals surface area contributed by atoms with Crippen LogP contribution in [0.2, 0.25) is 0 Å². The largest absolute Gasteiger partial charge is 0.357 e. The second-order valence-electron chi connectivity index (χ2n) is 7.00. The van der Waals surface area contributed by atoms with Crippen molar-refractivity contribution in [3.63, 3.8) is 0 Å². The molecule has 0 aliphatic carbocycles. The van der Waals surface area contributed by atoms with Crippen molar-refractivity contribution >= 4 is 17.7 Å². The standard InChI is InChI=1S/C22H30N4OS/c1-3-20-17-26(13-14-28-20)22(23-4-2)24-15-18-8-10-19(11-9-18)16-25-12-6-5-7-21(25)27/h5-12,20H,3-4,13-17H2,1-2H3,(H,23,24). The van der Waals surface area contributed by atoms with E-state index < -0.39 is 0 Å². The first-order chi connectivity index (χ1) is 13.7. The lowest BCUT2D eigenvalue weighted by molar-refractivity contribution is 0.408. The Morgan fingerprint density at radius 2 is 1.96 bits per heavy atom. The topological polar surface area (TPSA) is 49.6 Å². The second-order valence-corrected chi connectivity index (χ2v) is 8.41. The van der Waals surface area contributed by atoms with E-state index in [-0.39, 0.29) is 5.56 Å². The number of thioether (sulfide) groups is 1. The molecule has 2 heterocycles. The Morgan fingerprint density at radius 3 is 2.68 bits per heavy atom. The SMILES string of the molecule is CCNC(=NCc1ccc(Cn2ccccc2=O)cc1)N1CCSC(CC)C1.